The molecule has 7 nitrogen and oxygen atoms in total. The molecule has 0 aliphatic heterocycles. The van der Waals surface area contributed by atoms with Gasteiger partial charge < -0.3 is 10.1 Å². The lowest BCUT2D eigenvalue weighted by molar-refractivity contribution is 0.102. The van der Waals surface area contributed by atoms with E-state index in [4.69, 9.17) is 16.3 Å². The monoisotopic (exact) mass is 452 g/mol. The van der Waals surface area contributed by atoms with E-state index in [9.17, 15) is 9.59 Å². The molecule has 1 N–H and O–H groups in total. The molecule has 2 amide bonds. The van der Waals surface area contributed by atoms with Crippen molar-refractivity contribution in [1.29, 1.82) is 0 Å². The molecule has 3 rings (SSSR count). The molecule has 0 saturated carbocycles. The molecule has 0 saturated heterocycles. The van der Waals surface area contributed by atoms with E-state index in [0.29, 0.717) is 17.8 Å². The van der Waals surface area contributed by atoms with Gasteiger partial charge >= 0.3 is 6.09 Å². The predicted octanol–water partition coefficient (Wildman–Crippen LogP) is 5.37. The minimum Gasteiger partial charge on any atom is -0.449 e. The van der Waals surface area contributed by atoms with Gasteiger partial charge in [0.15, 0.2) is 0 Å². The fourth-order valence-electron chi connectivity index (χ4n) is 3.07. The lowest BCUT2D eigenvalue weighted by Crippen LogP contribution is -2.46. The van der Waals surface area contributed by atoms with Crippen molar-refractivity contribution in [3.05, 3.63) is 83.4 Å². The minimum atomic E-state index is -0.518. The van der Waals surface area contributed by atoms with Crippen molar-refractivity contribution in [3.8, 4) is 0 Å². The molecule has 8 heteroatoms. The normalized spacial score (nSPS) is 11.0. The Balaban J connectivity index is 1.67. The second-order valence-corrected chi connectivity index (χ2v) is 8.39. The lowest BCUT2D eigenvalue weighted by Gasteiger charge is -2.34. The maximum absolute atomic E-state index is 12.9. The molecule has 1 aromatic carbocycles. The van der Waals surface area contributed by atoms with E-state index in [1.165, 1.54) is 6.20 Å². The van der Waals surface area contributed by atoms with Crippen LogP contribution in [-0.4, -0.2) is 34.1 Å². The van der Waals surface area contributed by atoms with Crippen LogP contribution < -0.4 is 10.2 Å². The van der Waals surface area contributed by atoms with Crippen LogP contribution in [-0.2, 0) is 11.2 Å². The quantitative estimate of drug-likeness (QED) is 0.508. The molecule has 0 aliphatic rings. The van der Waals surface area contributed by atoms with Gasteiger partial charge in [0.25, 0.3) is 5.91 Å². The first-order valence-corrected chi connectivity index (χ1v) is 10.5. The molecule has 0 bridgehead atoms. The number of aromatic nitrogens is 2. The third kappa shape index (κ3) is 6.04. The minimum absolute atomic E-state index is 0.133. The van der Waals surface area contributed by atoms with Crippen LogP contribution in [0, 0.1) is 0 Å². The maximum Gasteiger partial charge on any atom is 0.414 e. The highest BCUT2D eigenvalue weighted by atomic mass is 35.5. The Morgan fingerprint density at radius 2 is 1.72 bits per heavy atom. The largest absolute Gasteiger partial charge is 0.449 e. The van der Waals surface area contributed by atoms with E-state index in [2.05, 4.69) is 15.3 Å². The van der Waals surface area contributed by atoms with Crippen molar-refractivity contribution in [2.24, 2.45) is 0 Å². The predicted molar refractivity (Wildman–Crippen MR) is 125 cm³/mol. The average Bonchev–Trinajstić information content (AvgIpc) is 2.75. The number of ether oxygens (including phenoxy) is 1. The topological polar surface area (TPSA) is 84.4 Å². The molecule has 32 heavy (non-hydrogen) atoms. The molecular formula is C24H25ClN4O3. The molecule has 0 spiro atoms. The van der Waals surface area contributed by atoms with Crippen LogP contribution in [0.5, 0.6) is 0 Å². The summed E-state index contributed by atoms with van der Waals surface area (Å²) in [6.07, 6.45) is 3.31. The van der Waals surface area contributed by atoms with Crippen LogP contribution in [0.1, 0.15) is 36.8 Å². The van der Waals surface area contributed by atoms with Crippen molar-refractivity contribution in [3.63, 3.8) is 0 Å². The number of benzene rings is 1. The number of hydrogen-bond acceptors (Lipinski definition) is 5. The van der Waals surface area contributed by atoms with E-state index in [1.807, 2.05) is 39.0 Å². The summed E-state index contributed by atoms with van der Waals surface area (Å²) in [5.41, 5.74) is 1.84. The summed E-state index contributed by atoms with van der Waals surface area (Å²) in [7, 11) is 0. The highest BCUT2D eigenvalue weighted by Crippen LogP contribution is 2.27. The number of anilines is 2. The van der Waals surface area contributed by atoms with Crippen LogP contribution in [0.3, 0.4) is 0 Å². The summed E-state index contributed by atoms with van der Waals surface area (Å²) in [5, 5.41) is 2.91. The van der Waals surface area contributed by atoms with Crippen molar-refractivity contribution in [2.75, 3.05) is 16.8 Å². The smallest absolute Gasteiger partial charge is 0.414 e. The number of nitrogens with zero attached hydrogens (tertiary/aromatic N) is 3. The number of rotatable bonds is 6. The SMILES string of the molecule is CC(C)(C)N(C(=O)OCCc1ccccn1)c1ccc(NC(=O)c2cccnc2Cl)cc1. The third-order valence-corrected chi connectivity index (χ3v) is 4.85. The Morgan fingerprint density at radius 3 is 2.34 bits per heavy atom. The van der Waals surface area contributed by atoms with Gasteiger partial charge in [-0.15, -0.1) is 0 Å². The Labute approximate surface area is 192 Å². The van der Waals surface area contributed by atoms with Gasteiger partial charge in [0.05, 0.1) is 12.2 Å². The van der Waals surface area contributed by atoms with E-state index < -0.39 is 11.6 Å². The summed E-state index contributed by atoms with van der Waals surface area (Å²) in [4.78, 5) is 35.0. The molecule has 3 aromatic rings. The van der Waals surface area contributed by atoms with Crippen molar-refractivity contribution < 1.29 is 14.3 Å². The Bertz CT molecular complexity index is 1070. The molecule has 0 atom stereocenters. The van der Waals surface area contributed by atoms with Gasteiger partial charge in [-0.1, -0.05) is 17.7 Å². The van der Waals surface area contributed by atoms with Gasteiger partial charge in [-0.05, 0) is 69.3 Å². The van der Waals surface area contributed by atoms with Gasteiger partial charge in [-0.2, -0.15) is 0 Å². The maximum atomic E-state index is 12.9. The van der Waals surface area contributed by atoms with Crippen LogP contribution in [0.2, 0.25) is 5.15 Å². The van der Waals surface area contributed by atoms with Crippen LogP contribution in [0.15, 0.2) is 67.0 Å². The Morgan fingerprint density at radius 1 is 1.00 bits per heavy atom. The second-order valence-electron chi connectivity index (χ2n) is 8.03. The fraction of sp³-hybridized carbons (Fsp3) is 0.250. The number of carbonyl (C=O) groups excluding carboxylic acids is 2. The van der Waals surface area contributed by atoms with Gasteiger partial charge in [-0.25, -0.2) is 9.78 Å². The third-order valence-electron chi connectivity index (χ3n) is 4.55. The number of nitrogens with one attached hydrogen (secondary N) is 1. The second kappa shape index (κ2) is 10.2. The molecule has 2 heterocycles. The zero-order chi connectivity index (χ0) is 23.1. The summed E-state index contributed by atoms with van der Waals surface area (Å²) >= 11 is 5.98. The van der Waals surface area contributed by atoms with Crippen molar-refractivity contribution in [2.45, 2.75) is 32.7 Å². The molecule has 0 fully saturated rings. The van der Waals surface area contributed by atoms with E-state index >= 15 is 0 Å². The van der Waals surface area contributed by atoms with Gasteiger partial charge in [0.2, 0.25) is 0 Å². The molecule has 0 unspecified atom stereocenters. The Kier molecular flexibility index (Phi) is 7.43. The van der Waals surface area contributed by atoms with Crippen LogP contribution in [0.25, 0.3) is 0 Å². The fourth-order valence-corrected chi connectivity index (χ4v) is 3.27. The first kappa shape index (κ1) is 23.2. The number of pyridine rings is 2. The Hall–Kier alpha value is -3.45. The number of amides is 2. The highest BCUT2D eigenvalue weighted by Gasteiger charge is 2.29. The van der Waals surface area contributed by atoms with Crippen molar-refractivity contribution in [1.82, 2.24) is 9.97 Å². The zero-order valence-corrected chi connectivity index (χ0v) is 19.0. The number of carbonyl (C=O) groups is 2. The van der Waals surface area contributed by atoms with Crippen molar-refractivity contribution >= 4 is 35.0 Å². The van der Waals surface area contributed by atoms with E-state index in [0.717, 1.165) is 5.69 Å². The summed E-state index contributed by atoms with van der Waals surface area (Å²) < 4.78 is 5.51. The number of halogens is 1. The summed E-state index contributed by atoms with van der Waals surface area (Å²) in [6, 6.07) is 15.8. The molecule has 2 aromatic heterocycles. The van der Waals surface area contributed by atoms with Gasteiger partial charge in [0.1, 0.15) is 5.15 Å². The highest BCUT2D eigenvalue weighted by molar-refractivity contribution is 6.33. The lowest BCUT2D eigenvalue weighted by atomic mass is 10.1. The molecular weight excluding hydrogens is 428 g/mol. The first-order valence-electron chi connectivity index (χ1n) is 10.1. The van der Waals surface area contributed by atoms with Crippen LogP contribution >= 0.6 is 11.6 Å². The zero-order valence-electron chi connectivity index (χ0n) is 18.2. The average molecular weight is 453 g/mol. The van der Waals surface area contributed by atoms with Crippen LogP contribution in [0.4, 0.5) is 16.2 Å². The summed E-state index contributed by atoms with van der Waals surface area (Å²) in [6.45, 7) is 6.00. The summed E-state index contributed by atoms with van der Waals surface area (Å²) in [5.74, 6) is -0.363. The molecule has 0 radical (unpaired) electrons. The van der Waals surface area contributed by atoms with E-state index in [1.54, 1.807) is 47.5 Å². The standard InChI is InChI=1S/C24H25ClN4O3/c1-24(2,3)29(23(31)32-16-13-17-7-4-5-14-26-17)19-11-9-18(10-12-19)28-22(30)20-8-6-15-27-21(20)25/h4-12,14-15H,13,16H2,1-3H3,(H,28,30). The van der Waals surface area contributed by atoms with Gasteiger partial charge in [0, 0.05) is 41.4 Å². The number of hydrogen-bond donors (Lipinski definition) is 1. The van der Waals surface area contributed by atoms with E-state index in [-0.39, 0.29) is 23.2 Å². The van der Waals surface area contributed by atoms with Gasteiger partial charge in [-0.3, -0.25) is 14.7 Å². The molecule has 166 valence electrons. The molecule has 0 aliphatic carbocycles. The first-order chi connectivity index (χ1) is 15.3.